The molecule has 5 aromatic rings. The zero-order valence-electron chi connectivity index (χ0n) is 10.9. The molecule has 3 aromatic heterocycles. The van der Waals surface area contributed by atoms with Gasteiger partial charge in [-0.25, -0.2) is 4.98 Å². The summed E-state index contributed by atoms with van der Waals surface area (Å²) in [6.45, 7) is 0. The van der Waals surface area contributed by atoms with E-state index in [0.717, 1.165) is 21.9 Å². The fourth-order valence-corrected chi connectivity index (χ4v) is 4.28. The molecule has 100 valence electrons. The lowest BCUT2D eigenvalue weighted by Crippen LogP contribution is -1.75. The van der Waals surface area contributed by atoms with E-state index in [1.165, 1.54) is 20.2 Å². The summed E-state index contributed by atoms with van der Waals surface area (Å²) in [5, 5.41) is 4.23. The first-order chi connectivity index (χ1) is 10.3. The molecule has 0 bridgehead atoms. The Hall–Kier alpha value is -2.10. The van der Waals surface area contributed by atoms with Crippen molar-refractivity contribution >= 4 is 65.0 Å². The largest absolute Gasteiger partial charge is 0.353 e. The van der Waals surface area contributed by atoms with E-state index >= 15 is 0 Å². The van der Waals surface area contributed by atoms with Crippen molar-refractivity contribution in [2.45, 2.75) is 0 Å². The average molecular weight is 309 g/mol. The van der Waals surface area contributed by atoms with Crippen LogP contribution in [0.5, 0.6) is 0 Å². The molecule has 3 heterocycles. The van der Waals surface area contributed by atoms with Crippen molar-refractivity contribution in [3.8, 4) is 0 Å². The number of benzene rings is 2. The standard InChI is InChI=1S/C17H9ClN2S/c18-14-8-6-11-16(20-14)10-5-7-13-15(17(10)19-11)9-3-1-2-4-12(9)21-13/h1-8,19H. The minimum absolute atomic E-state index is 0.527. The van der Waals surface area contributed by atoms with E-state index in [-0.39, 0.29) is 0 Å². The molecule has 2 aromatic carbocycles. The molecular formula is C17H9ClN2S. The monoisotopic (exact) mass is 308 g/mol. The zero-order valence-corrected chi connectivity index (χ0v) is 12.4. The average Bonchev–Trinajstić information content (AvgIpc) is 3.04. The number of H-pyrrole nitrogens is 1. The fraction of sp³-hybridized carbons (Fsp3) is 0. The molecule has 0 saturated heterocycles. The van der Waals surface area contributed by atoms with Crippen molar-refractivity contribution in [2.24, 2.45) is 0 Å². The van der Waals surface area contributed by atoms with Gasteiger partial charge in [-0.2, -0.15) is 0 Å². The molecule has 0 radical (unpaired) electrons. The highest BCUT2D eigenvalue weighted by Crippen LogP contribution is 2.39. The topological polar surface area (TPSA) is 28.7 Å². The Morgan fingerprint density at radius 3 is 2.76 bits per heavy atom. The van der Waals surface area contributed by atoms with Gasteiger partial charge in [-0.3, -0.25) is 0 Å². The SMILES string of the molecule is Clc1ccc2[nH]c3c(ccc4sc5ccccc5c43)c2n1. The summed E-state index contributed by atoms with van der Waals surface area (Å²) in [4.78, 5) is 7.98. The first-order valence-electron chi connectivity index (χ1n) is 6.69. The molecule has 21 heavy (non-hydrogen) atoms. The lowest BCUT2D eigenvalue weighted by molar-refractivity contribution is 1.41. The summed E-state index contributed by atoms with van der Waals surface area (Å²) < 4.78 is 2.60. The number of rotatable bonds is 0. The van der Waals surface area contributed by atoms with E-state index in [4.69, 9.17) is 11.6 Å². The highest BCUT2D eigenvalue weighted by molar-refractivity contribution is 7.26. The number of thiophene rings is 1. The van der Waals surface area contributed by atoms with Crippen LogP contribution in [0.25, 0.3) is 42.1 Å². The van der Waals surface area contributed by atoms with Crippen LogP contribution in [0.15, 0.2) is 48.5 Å². The Balaban J connectivity index is 2.10. The van der Waals surface area contributed by atoms with Gasteiger partial charge in [-0.05, 0) is 30.3 Å². The van der Waals surface area contributed by atoms with Gasteiger partial charge in [0.2, 0.25) is 0 Å². The number of hydrogen-bond donors (Lipinski definition) is 1. The Kier molecular flexibility index (Phi) is 2.18. The highest BCUT2D eigenvalue weighted by atomic mass is 35.5. The summed E-state index contributed by atoms with van der Waals surface area (Å²) in [6.07, 6.45) is 0. The maximum Gasteiger partial charge on any atom is 0.129 e. The zero-order chi connectivity index (χ0) is 14.0. The fourth-order valence-electron chi connectivity index (χ4n) is 3.02. The molecule has 0 aliphatic rings. The molecule has 4 heteroatoms. The number of nitrogens with one attached hydrogen (secondary N) is 1. The van der Waals surface area contributed by atoms with Crippen LogP contribution >= 0.6 is 22.9 Å². The van der Waals surface area contributed by atoms with E-state index in [1.54, 1.807) is 0 Å². The summed E-state index contributed by atoms with van der Waals surface area (Å²) in [5.74, 6) is 0. The van der Waals surface area contributed by atoms with Crippen LogP contribution in [0.4, 0.5) is 0 Å². The third-order valence-electron chi connectivity index (χ3n) is 3.92. The van der Waals surface area contributed by atoms with Gasteiger partial charge in [0.15, 0.2) is 0 Å². The van der Waals surface area contributed by atoms with Crippen LogP contribution < -0.4 is 0 Å². The lowest BCUT2D eigenvalue weighted by Gasteiger charge is -1.95. The van der Waals surface area contributed by atoms with Crippen molar-refractivity contribution in [3.05, 3.63) is 53.7 Å². The number of hydrogen-bond acceptors (Lipinski definition) is 2. The first-order valence-corrected chi connectivity index (χ1v) is 7.89. The molecule has 1 N–H and O–H groups in total. The second kappa shape index (κ2) is 3.97. The normalized spacial score (nSPS) is 12.0. The smallest absolute Gasteiger partial charge is 0.129 e. The summed E-state index contributed by atoms with van der Waals surface area (Å²) >= 11 is 7.87. The van der Waals surface area contributed by atoms with Gasteiger partial charge in [-0.15, -0.1) is 11.3 Å². The van der Waals surface area contributed by atoms with E-state index < -0.39 is 0 Å². The predicted octanol–water partition coefficient (Wildman–Crippen LogP) is 5.74. The van der Waals surface area contributed by atoms with Crippen LogP contribution in [0.2, 0.25) is 5.15 Å². The second-order valence-electron chi connectivity index (χ2n) is 5.11. The quantitative estimate of drug-likeness (QED) is 0.363. The van der Waals surface area contributed by atoms with E-state index in [9.17, 15) is 0 Å². The minimum Gasteiger partial charge on any atom is -0.353 e. The third kappa shape index (κ3) is 1.50. The number of halogens is 1. The second-order valence-corrected chi connectivity index (χ2v) is 6.59. The van der Waals surface area contributed by atoms with Crippen LogP contribution in [0.1, 0.15) is 0 Å². The maximum atomic E-state index is 6.05. The Morgan fingerprint density at radius 1 is 0.905 bits per heavy atom. The first kappa shape index (κ1) is 11.5. The molecule has 0 unspecified atom stereocenters. The Bertz CT molecular complexity index is 1150. The van der Waals surface area contributed by atoms with Gasteiger partial charge in [0.1, 0.15) is 5.15 Å². The van der Waals surface area contributed by atoms with Crippen LogP contribution in [-0.2, 0) is 0 Å². The van der Waals surface area contributed by atoms with Crippen molar-refractivity contribution < 1.29 is 0 Å². The van der Waals surface area contributed by atoms with Gasteiger partial charge < -0.3 is 4.98 Å². The summed E-state index contributed by atoms with van der Waals surface area (Å²) in [6, 6.07) is 16.6. The van der Waals surface area contributed by atoms with E-state index in [1.807, 2.05) is 23.5 Å². The molecule has 5 rings (SSSR count). The molecule has 0 aliphatic heterocycles. The molecule has 0 aliphatic carbocycles. The number of pyridine rings is 1. The van der Waals surface area contributed by atoms with Crippen molar-refractivity contribution in [2.75, 3.05) is 0 Å². The summed E-state index contributed by atoms with van der Waals surface area (Å²) in [5.41, 5.74) is 3.11. The number of fused-ring (bicyclic) bond motifs is 7. The summed E-state index contributed by atoms with van der Waals surface area (Å²) in [7, 11) is 0. The van der Waals surface area contributed by atoms with Gasteiger partial charge >= 0.3 is 0 Å². The van der Waals surface area contributed by atoms with E-state index in [0.29, 0.717) is 5.15 Å². The number of aromatic nitrogens is 2. The molecule has 0 saturated carbocycles. The van der Waals surface area contributed by atoms with Crippen LogP contribution in [0, 0.1) is 0 Å². The van der Waals surface area contributed by atoms with Gasteiger partial charge in [0, 0.05) is 25.6 Å². The molecule has 0 spiro atoms. The van der Waals surface area contributed by atoms with Crippen molar-refractivity contribution in [3.63, 3.8) is 0 Å². The lowest BCUT2D eigenvalue weighted by atomic mass is 10.1. The molecular weight excluding hydrogens is 300 g/mol. The van der Waals surface area contributed by atoms with E-state index in [2.05, 4.69) is 46.4 Å². The molecule has 0 amide bonds. The predicted molar refractivity (Wildman–Crippen MR) is 91.5 cm³/mol. The maximum absolute atomic E-state index is 6.05. The number of aromatic amines is 1. The van der Waals surface area contributed by atoms with Crippen LogP contribution in [-0.4, -0.2) is 9.97 Å². The van der Waals surface area contributed by atoms with Gasteiger partial charge in [0.05, 0.1) is 16.6 Å². The Morgan fingerprint density at radius 2 is 1.81 bits per heavy atom. The Labute approximate surface area is 129 Å². The van der Waals surface area contributed by atoms with Crippen molar-refractivity contribution in [1.82, 2.24) is 9.97 Å². The highest BCUT2D eigenvalue weighted by Gasteiger charge is 2.13. The van der Waals surface area contributed by atoms with Gasteiger partial charge in [0.25, 0.3) is 0 Å². The molecule has 2 nitrogen and oxygen atoms in total. The van der Waals surface area contributed by atoms with Crippen LogP contribution in [0.3, 0.4) is 0 Å². The minimum atomic E-state index is 0.527. The third-order valence-corrected chi connectivity index (χ3v) is 5.27. The molecule has 0 fully saturated rings. The van der Waals surface area contributed by atoms with Gasteiger partial charge in [-0.1, -0.05) is 29.8 Å². The number of nitrogens with zero attached hydrogens (tertiary/aromatic N) is 1. The van der Waals surface area contributed by atoms with Crippen molar-refractivity contribution in [1.29, 1.82) is 0 Å². The molecule has 0 atom stereocenters.